The SMILES string of the molecule is N#CC(=CNc1cccc(-c2ccc(OC(F)(F)F)cc2)c1)c1nn[nH]n1. The van der Waals surface area contributed by atoms with Crippen LogP contribution in [0.2, 0.25) is 0 Å². The molecule has 27 heavy (non-hydrogen) atoms. The van der Waals surface area contributed by atoms with Crippen LogP contribution in [0.25, 0.3) is 16.7 Å². The number of hydrogen-bond donors (Lipinski definition) is 2. The predicted molar refractivity (Wildman–Crippen MR) is 90.0 cm³/mol. The van der Waals surface area contributed by atoms with Gasteiger partial charge in [0, 0.05) is 11.9 Å². The van der Waals surface area contributed by atoms with Crippen molar-refractivity contribution >= 4 is 11.3 Å². The Bertz CT molecular complexity index is 975. The van der Waals surface area contributed by atoms with Crippen molar-refractivity contribution in [3.8, 4) is 22.9 Å². The van der Waals surface area contributed by atoms with Crippen molar-refractivity contribution in [2.75, 3.05) is 5.32 Å². The molecule has 7 nitrogen and oxygen atoms in total. The van der Waals surface area contributed by atoms with Gasteiger partial charge in [0.05, 0.1) is 0 Å². The summed E-state index contributed by atoms with van der Waals surface area (Å²) in [7, 11) is 0. The number of tetrazole rings is 1. The molecular formula is C17H11F3N6O. The maximum Gasteiger partial charge on any atom is 0.573 e. The number of H-pyrrole nitrogens is 1. The number of nitriles is 1. The lowest BCUT2D eigenvalue weighted by atomic mass is 10.1. The Morgan fingerprint density at radius 3 is 2.56 bits per heavy atom. The molecule has 1 heterocycles. The van der Waals surface area contributed by atoms with Crippen LogP contribution in [-0.2, 0) is 0 Å². The Hall–Kier alpha value is -3.87. The molecule has 0 unspecified atom stereocenters. The highest BCUT2D eigenvalue weighted by Gasteiger charge is 2.30. The lowest BCUT2D eigenvalue weighted by Crippen LogP contribution is -2.16. The van der Waals surface area contributed by atoms with Crippen molar-refractivity contribution in [2.45, 2.75) is 6.36 Å². The number of anilines is 1. The quantitative estimate of drug-likeness (QED) is 0.662. The molecule has 10 heteroatoms. The molecule has 2 aromatic carbocycles. The molecule has 0 saturated carbocycles. The first kappa shape index (κ1) is 17.9. The number of allylic oxidation sites excluding steroid dienone is 1. The largest absolute Gasteiger partial charge is 0.573 e. The Morgan fingerprint density at radius 1 is 1.15 bits per heavy atom. The minimum Gasteiger partial charge on any atom is -0.406 e. The second-order valence-corrected chi connectivity index (χ2v) is 5.20. The van der Waals surface area contributed by atoms with E-state index in [-0.39, 0.29) is 17.1 Å². The van der Waals surface area contributed by atoms with Gasteiger partial charge in [0.1, 0.15) is 17.4 Å². The summed E-state index contributed by atoms with van der Waals surface area (Å²) in [6.07, 6.45) is -3.29. The van der Waals surface area contributed by atoms with Gasteiger partial charge in [-0.2, -0.15) is 10.5 Å². The van der Waals surface area contributed by atoms with Crippen molar-refractivity contribution < 1.29 is 17.9 Å². The summed E-state index contributed by atoms with van der Waals surface area (Å²) in [4.78, 5) is 0. The lowest BCUT2D eigenvalue weighted by molar-refractivity contribution is -0.274. The number of ether oxygens (including phenoxy) is 1. The van der Waals surface area contributed by atoms with E-state index in [2.05, 4.69) is 30.7 Å². The third kappa shape index (κ3) is 4.82. The van der Waals surface area contributed by atoms with E-state index >= 15 is 0 Å². The van der Waals surface area contributed by atoms with Crippen LogP contribution in [-0.4, -0.2) is 27.0 Å². The molecule has 1 aromatic heterocycles. The molecule has 0 aliphatic carbocycles. The Kier molecular flexibility index (Phi) is 5.03. The number of halogens is 3. The van der Waals surface area contributed by atoms with E-state index in [1.54, 1.807) is 24.3 Å². The van der Waals surface area contributed by atoms with E-state index in [0.717, 1.165) is 5.56 Å². The first-order chi connectivity index (χ1) is 12.9. The van der Waals surface area contributed by atoms with Gasteiger partial charge in [-0.1, -0.05) is 24.3 Å². The minimum atomic E-state index is -4.73. The van der Waals surface area contributed by atoms with Gasteiger partial charge < -0.3 is 10.1 Å². The molecule has 3 aromatic rings. The highest BCUT2D eigenvalue weighted by molar-refractivity contribution is 5.75. The molecule has 136 valence electrons. The standard InChI is InChI=1S/C17H11F3N6O/c18-17(19,20)27-15-6-4-11(5-7-15)12-2-1-3-14(8-12)22-10-13(9-21)16-23-25-26-24-16/h1-8,10,22H,(H,23,24,25,26). The molecule has 0 spiro atoms. The van der Waals surface area contributed by atoms with Gasteiger partial charge in [0.25, 0.3) is 0 Å². The Balaban J connectivity index is 1.77. The van der Waals surface area contributed by atoms with Crippen LogP contribution in [0, 0.1) is 11.3 Å². The first-order valence-corrected chi connectivity index (χ1v) is 7.51. The highest BCUT2D eigenvalue weighted by atomic mass is 19.4. The monoisotopic (exact) mass is 372 g/mol. The van der Waals surface area contributed by atoms with Crippen molar-refractivity contribution in [3.63, 3.8) is 0 Å². The van der Waals surface area contributed by atoms with Crippen LogP contribution in [0.4, 0.5) is 18.9 Å². The molecular weight excluding hydrogens is 361 g/mol. The van der Waals surface area contributed by atoms with E-state index in [9.17, 15) is 13.2 Å². The van der Waals surface area contributed by atoms with Crippen molar-refractivity contribution in [1.29, 1.82) is 5.26 Å². The second-order valence-electron chi connectivity index (χ2n) is 5.20. The van der Waals surface area contributed by atoms with E-state index < -0.39 is 6.36 Å². The fourth-order valence-electron chi connectivity index (χ4n) is 2.22. The number of rotatable bonds is 5. The summed E-state index contributed by atoms with van der Waals surface area (Å²) in [6.45, 7) is 0. The summed E-state index contributed by atoms with van der Waals surface area (Å²) in [6, 6.07) is 14.6. The maximum absolute atomic E-state index is 12.2. The molecule has 0 saturated heterocycles. The van der Waals surface area contributed by atoms with Crippen LogP contribution in [0.3, 0.4) is 0 Å². The van der Waals surface area contributed by atoms with Crippen LogP contribution >= 0.6 is 0 Å². The lowest BCUT2D eigenvalue weighted by Gasteiger charge is -2.10. The number of nitrogens with one attached hydrogen (secondary N) is 2. The van der Waals surface area contributed by atoms with E-state index in [1.807, 2.05) is 6.07 Å². The number of alkyl halides is 3. The van der Waals surface area contributed by atoms with Gasteiger partial charge in [-0.25, -0.2) is 0 Å². The van der Waals surface area contributed by atoms with Crippen molar-refractivity contribution in [1.82, 2.24) is 20.6 Å². The smallest absolute Gasteiger partial charge is 0.406 e. The normalized spacial score (nSPS) is 11.7. The summed E-state index contributed by atoms with van der Waals surface area (Å²) in [5.41, 5.74) is 2.32. The number of hydrogen-bond acceptors (Lipinski definition) is 6. The van der Waals surface area contributed by atoms with E-state index in [0.29, 0.717) is 11.3 Å². The minimum absolute atomic E-state index is 0.154. The zero-order valence-corrected chi connectivity index (χ0v) is 13.5. The fourth-order valence-corrected chi connectivity index (χ4v) is 2.22. The van der Waals surface area contributed by atoms with Crippen molar-refractivity contribution in [2.24, 2.45) is 0 Å². The van der Waals surface area contributed by atoms with Crippen LogP contribution in [0.1, 0.15) is 5.82 Å². The topological polar surface area (TPSA) is 99.5 Å². The van der Waals surface area contributed by atoms with Gasteiger partial charge in [-0.3, -0.25) is 0 Å². The molecule has 0 bridgehead atoms. The molecule has 0 fully saturated rings. The van der Waals surface area contributed by atoms with E-state index in [4.69, 9.17) is 5.26 Å². The molecule has 0 atom stereocenters. The van der Waals surface area contributed by atoms with Gasteiger partial charge in [-0.05, 0) is 40.6 Å². The molecule has 0 radical (unpaired) electrons. The fraction of sp³-hybridized carbons (Fsp3) is 0.0588. The van der Waals surface area contributed by atoms with Crippen LogP contribution in [0.5, 0.6) is 5.75 Å². The average molecular weight is 372 g/mol. The third-order valence-electron chi connectivity index (χ3n) is 3.37. The number of nitrogens with zero attached hydrogens (tertiary/aromatic N) is 4. The van der Waals surface area contributed by atoms with Crippen LogP contribution in [0.15, 0.2) is 54.7 Å². The predicted octanol–water partition coefficient (Wildman–Crippen LogP) is 3.74. The molecule has 0 aliphatic rings. The zero-order valence-electron chi connectivity index (χ0n) is 13.5. The zero-order chi connectivity index (χ0) is 19.3. The van der Waals surface area contributed by atoms with Gasteiger partial charge in [0.15, 0.2) is 0 Å². The first-order valence-electron chi connectivity index (χ1n) is 7.51. The van der Waals surface area contributed by atoms with Gasteiger partial charge >= 0.3 is 6.36 Å². The molecule has 3 rings (SSSR count). The summed E-state index contributed by atoms with van der Waals surface area (Å²) < 4.78 is 40.5. The third-order valence-corrected chi connectivity index (χ3v) is 3.37. The number of aromatic nitrogens is 4. The summed E-state index contributed by atoms with van der Waals surface area (Å²) in [5.74, 6) is -0.136. The maximum atomic E-state index is 12.2. The van der Waals surface area contributed by atoms with Gasteiger partial charge in [0.2, 0.25) is 5.82 Å². The van der Waals surface area contributed by atoms with Gasteiger partial charge in [-0.15, -0.1) is 23.4 Å². The Morgan fingerprint density at radius 2 is 1.93 bits per heavy atom. The number of aromatic amines is 1. The van der Waals surface area contributed by atoms with Crippen molar-refractivity contribution in [3.05, 3.63) is 60.6 Å². The highest BCUT2D eigenvalue weighted by Crippen LogP contribution is 2.27. The number of benzene rings is 2. The molecule has 0 amide bonds. The summed E-state index contributed by atoms with van der Waals surface area (Å²) >= 11 is 0. The molecule has 0 aliphatic heterocycles. The van der Waals surface area contributed by atoms with Crippen LogP contribution < -0.4 is 10.1 Å². The average Bonchev–Trinajstić information content (AvgIpc) is 3.16. The van der Waals surface area contributed by atoms with E-state index in [1.165, 1.54) is 30.5 Å². The Labute approximate surface area is 151 Å². The summed E-state index contributed by atoms with van der Waals surface area (Å²) in [5, 5.41) is 25.2. The second kappa shape index (κ2) is 7.57. The molecule has 2 N–H and O–H groups in total.